The van der Waals surface area contributed by atoms with Gasteiger partial charge in [-0.2, -0.15) is 0 Å². The van der Waals surface area contributed by atoms with Gasteiger partial charge in [-0.05, 0) is 30.5 Å². The smallest absolute Gasteiger partial charge is 0.234 e. The molecule has 7 nitrogen and oxygen atoms in total. The minimum absolute atomic E-state index is 0.00993. The molecule has 1 heterocycles. The number of sulfone groups is 1. The molecule has 1 aliphatic rings. The summed E-state index contributed by atoms with van der Waals surface area (Å²) >= 11 is 0. The first-order chi connectivity index (χ1) is 11.7. The van der Waals surface area contributed by atoms with E-state index in [2.05, 4.69) is 10.9 Å². The van der Waals surface area contributed by atoms with Crippen molar-refractivity contribution in [2.24, 2.45) is 5.92 Å². The Labute approximate surface area is 148 Å². The molecule has 1 amide bonds. The van der Waals surface area contributed by atoms with Crippen LogP contribution in [0.4, 0.5) is 0 Å². The zero-order valence-electron chi connectivity index (χ0n) is 15.0. The van der Waals surface area contributed by atoms with Crippen molar-refractivity contribution in [1.82, 2.24) is 10.9 Å². The molecule has 0 spiro atoms. The largest absolute Gasteiger partial charge is 0.495 e. The van der Waals surface area contributed by atoms with Crippen LogP contribution in [-0.2, 0) is 14.6 Å². The van der Waals surface area contributed by atoms with Gasteiger partial charge in [0.15, 0.2) is 14.7 Å². The van der Waals surface area contributed by atoms with Gasteiger partial charge in [0.2, 0.25) is 5.91 Å². The Balaban J connectivity index is 2.44. The first kappa shape index (κ1) is 19.3. The third kappa shape index (κ3) is 4.32. The number of hydrazine groups is 1. The van der Waals surface area contributed by atoms with Crippen LogP contribution >= 0.6 is 0 Å². The normalized spacial score (nSPS) is 21.6. The van der Waals surface area contributed by atoms with Crippen molar-refractivity contribution in [2.45, 2.75) is 31.2 Å². The summed E-state index contributed by atoms with van der Waals surface area (Å²) in [6.45, 7) is 3.96. The molecule has 0 aliphatic carbocycles. The zero-order valence-corrected chi connectivity index (χ0v) is 15.9. The van der Waals surface area contributed by atoms with Crippen LogP contribution in [0, 0.1) is 5.92 Å². The average Bonchev–Trinajstić information content (AvgIpc) is 2.52. The second-order valence-electron chi connectivity index (χ2n) is 6.27. The lowest BCUT2D eigenvalue weighted by molar-refractivity contribution is -0.125. The maximum atomic E-state index is 12.0. The molecule has 1 fully saturated rings. The molecule has 1 aromatic carbocycles. The third-order valence-electron chi connectivity index (χ3n) is 4.18. The Morgan fingerprint density at radius 3 is 2.24 bits per heavy atom. The van der Waals surface area contributed by atoms with Crippen LogP contribution in [0.3, 0.4) is 0 Å². The third-order valence-corrected chi connectivity index (χ3v) is 5.33. The molecular formula is C17H24N2O5S. The fourth-order valence-corrected chi connectivity index (χ4v) is 4.04. The van der Waals surface area contributed by atoms with E-state index in [1.54, 1.807) is 12.1 Å². The first-order valence-corrected chi connectivity index (χ1v) is 9.75. The Morgan fingerprint density at radius 1 is 1.24 bits per heavy atom. The number of hydrogen-bond acceptors (Lipinski definition) is 6. The highest BCUT2D eigenvalue weighted by molar-refractivity contribution is 7.91. The fourth-order valence-electron chi connectivity index (χ4n) is 3.03. The maximum absolute atomic E-state index is 12.0. The van der Waals surface area contributed by atoms with E-state index in [0.717, 1.165) is 17.4 Å². The molecule has 2 rings (SSSR count). The highest BCUT2D eigenvalue weighted by Crippen LogP contribution is 2.35. The number of amides is 1. The van der Waals surface area contributed by atoms with E-state index in [1.165, 1.54) is 14.2 Å². The SMILES string of the molecule is COc1cc(/C=C(\C)C2NNC(=O)CC2C)cc(OC)c1S(C)(=O)=O. The van der Waals surface area contributed by atoms with Crippen LogP contribution in [0.2, 0.25) is 0 Å². The van der Waals surface area contributed by atoms with Crippen molar-refractivity contribution in [3.05, 3.63) is 23.3 Å². The van der Waals surface area contributed by atoms with Crippen LogP contribution in [-0.4, -0.2) is 40.8 Å². The number of ether oxygens (including phenoxy) is 2. The number of hydrogen-bond donors (Lipinski definition) is 2. The summed E-state index contributed by atoms with van der Waals surface area (Å²) < 4.78 is 34.6. The highest BCUT2D eigenvalue weighted by Gasteiger charge is 2.27. The van der Waals surface area contributed by atoms with Gasteiger partial charge < -0.3 is 9.47 Å². The summed E-state index contributed by atoms with van der Waals surface area (Å²) in [6, 6.07) is 3.31. The number of carbonyl (C=O) groups is 1. The maximum Gasteiger partial charge on any atom is 0.234 e. The molecule has 138 valence electrons. The van der Waals surface area contributed by atoms with E-state index in [-0.39, 0.29) is 34.3 Å². The Kier molecular flexibility index (Phi) is 5.74. The van der Waals surface area contributed by atoms with E-state index < -0.39 is 9.84 Å². The Bertz CT molecular complexity index is 776. The first-order valence-electron chi connectivity index (χ1n) is 7.86. The molecule has 8 heteroatoms. The predicted molar refractivity (Wildman–Crippen MR) is 95.2 cm³/mol. The van der Waals surface area contributed by atoms with Gasteiger partial charge in [0, 0.05) is 12.7 Å². The molecule has 0 aromatic heterocycles. The summed E-state index contributed by atoms with van der Waals surface area (Å²) in [4.78, 5) is 11.4. The van der Waals surface area contributed by atoms with Crippen molar-refractivity contribution in [3.63, 3.8) is 0 Å². The second kappa shape index (κ2) is 7.45. The lowest BCUT2D eigenvalue weighted by Crippen LogP contribution is -2.53. The van der Waals surface area contributed by atoms with E-state index >= 15 is 0 Å². The Morgan fingerprint density at radius 2 is 1.80 bits per heavy atom. The van der Waals surface area contributed by atoms with Crippen LogP contribution in [0.25, 0.3) is 6.08 Å². The lowest BCUT2D eigenvalue weighted by Gasteiger charge is -2.30. The molecule has 1 aromatic rings. The quantitative estimate of drug-likeness (QED) is 0.819. The summed E-state index contributed by atoms with van der Waals surface area (Å²) in [5.41, 5.74) is 7.41. The van der Waals surface area contributed by atoms with Gasteiger partial charge in [0.25, 0.3) is 0 Å². The highest BCUT2D eigenvalue weighted by atomic mass is 32.2. The average molecular weight is 368 g/mol. The van der Waals surface area contributed by atoms with Crippen molar-refractivity contribution < 1.29 is 22.7 Å². The predicted octanol–water partition coefficient (Wildman–Crippen LogP) is 1.54. The van der Waals surface area contributed by atoms with Gasteiger partial charge in [-0.1, -0.05) is 18.6 Å². The molecule has 2 unspecified atom stereocenters. The van der Waals surface area contributed by atoms with Gasteiger partial charge >= 0.3 is 0 Å². The molecule has 2 atom stereocenters. The number of benzene rings is 1. The van der Waals surface area contributed by atoms with Crippen molar-refractivity contribution in [1.29, 1.82) is 0 Å². The molecule has 2 N–H and O–H groups in total. The Hall–Kier alpha value is -2.06. The van der Waals surface area contributed by atoms with Crippen LogP contribution < -0.4 is 20.3 Å². The molecular weight excluding hydrogens is 344 g/mol. The molecule has 0 bridgehead atoms. The van der Waals surface area contributed by atoms with Gasteiger partial charge in [-0.15, -0.1) is 0 Å². The van der Waals surface area contributed by atoms with Gasteiger partial charge in [-0.3, -0.25) is 10.2 Å². The minimum Gasteiger partial charge on any atom is -0.495 e. The summed E-state index contributed by atoms with van der Waals surface area (Å²) in [5, 5.41) is 0. The lowest BCUT2D eigenvalue weighted by atomic mass is 9.90. The summed E-state index contributed by atoms with van der Waals surface area (Å²) in [6.07, 6.45) is 3.48. The van der Waals surface area contributed by atoms with Crippen LogP contribution in [0.5, 0.6) is 11.5 Å². The van der Waals surface area contributed by atoms with Crippen molar-refractivity contribution in [3.8, 4) is 11.5 Å². The van der Waals surface area contributed by atoms with Gasteiger partial charge in [0.05, 0.1) is 20.3 Å². The molecule has 0 saturated carbocycles. The molecule has 0 radical (unpaired) electrons. The monoisotopic (exact) mass is 368 g/mol. The van der Waals surface area contributed by atoms with E-state index in [0.29, 0.717) is 6.42 Å². The summed E-state index contributed by atoms with van der Waals surface area (Å²) in [7, 11) is -0.658. The van der Waals surface area contributed by atoms with Crippen molar-refractivity contribution in [2.75, 3.05) is 20.5 Å². The minimum atomic E-state index is -3.50. The number of methoxy groups -OCH3 is 2. The zero-order chi connectivity index (χ0) is 18.8. The fraction of sp³-hybridized carbons (Fsp3) is 0.471. The molecule has 1 saturated heterocycles. The standard InChI is InChI=1S/C17H24N2O5S/c1-10(16-11(2)7-15(20)18-19-16)6-12-8-13(23-3)17(25(5,21)22)14(9-12)24-4/h6,8-9,11,16,19H,7H2,1-5H3,(H,18,20)/b10-6+. The number of rotatable bonds is 5. The second-order valence-corrected chi connectivity index (χ2v) is 8.22. The van der Waals surface area contributed by atoms with Crippen molar-refractivity contribution >= 4 is 21.8 Å². The summed E-state index contributed by atoms with van der Waals surface area (Å²) in [5.74, 6) is 0.583. The van der Waals surface area contributed by atoms with Gasteiger partial charge in [-0.25, -0.2) is 13.8 Å². The van der Waals surface area contributed by atoms with Crippen LogP contribution in [0.1, 0.15) is 25.8 Å². The van der Waals surface area contributed by atoms with Gasteiger partial charge in [0.1, 0.15) is 11.5 Å². The van der Waals surface area contributed by atoms with E-state index in [9.17, 15) is 13.2 Å². The topological polar surface area (TPSA) is 93.7 Å². The number of carbonyl (C=O) groups excluding carboxylic acids is 1. The molecule has 1 aliphatic heterocycles. The molecule has 25 heavy (non-hydrogen) atoms. The van der Waals surface area contributed by atoms with Crippen LogP contribution in [0.15, 0.2) is 22.6 Å². The number of nitrogens with one attached hydrogen (secondary N) is 2. The van der Waals surface area contributed by atoms with E-state index in [4.69, 9.17) is 9.47 Å². The van der Waals surface area contributed by atoms with E-state index in [1.807, 2.05) is 19.9 Å².